The van der Waals surface area contributed by atoms with Crippen LogP contribution in [0.3, 0.4) is 0 Å². The molecule has 2 rings (SSSR count). The van der Waals surface area contributed by atoms with Crippen molar-refractivity contribution in [1.29, 1.82) is 0 Å². The Morgan fingerprint density at radius 3 is 2.53 bits per heavy atom. The molecule has 0 spiro atoms. The van der Waals surface area contributed by atoms with Crippen LogP contribution in [0.15, 0.2) is 36.5 Å². The van der Waals surface area contributed by atoms with Crippen molar-refractivity contribution in [1.82, 2.24) is 4.98 Å². The summed E-state index contributed by atoms with van der Waals surface area (Å²) in [6.07, 6.45) is 1.42. The minimum absolute atomic E-state index is 0.106. The molecule has 1 heterocycles. The lowest BCUT2D eigenvalue weighted by atomic mass is 10.3. The van der Waals surface area contributed by atoms with Crippen LogP contribution in [0, 0.1) is 5.82 Å². The normalized spacial score (nSPS) is 10.1. The molecule has 1 aromatic carbocycles. The largest absolute Gasteiger partial charge is 0.497 e. The Morgan fingerprint density at radius 1 is 1.18 bits per heavy atom. The highest BCUT2D eigenvalue weighted by molar-refractivity contribution is 6.29. The molecule has 0 bridgehead atoms. The number of nitrogens with zero attached hydrogens (tertiary/aromatic N) is 1. The van der Waals surface area contributed by atoms with Gasteiger partial charge in [0.1, 0.15) is 16.7 Å². The molecule has 0 aliphatic carbocycles. The van der Waals surface area contributed by atoms with Crippen molar-refractivity contribution in [2.45, 2.75) is 0 Å². The van der Waals surface area contributed by atoms with E-state index in [1.165, 1.54) is 25.4 Å². The fourth-order valence-electron chi connectivity index (χ4n) is 1.24. The zero-order chi connectivity index (χ0) is 12.3. The Hall–Kier alpha value is -1.81. The molecular weight excluding hydrogens is 245 g/mol. The molecule has 0 atom stereocenters. The summed E-state index contributed by atoms with van der Waals surface area (Å²) < 4.78 is 23.8. The summed E-state index contributed by atoms with van der Waals surface area (Å²) in [5.41, 5.74) is 0. The van der Waals surface area contributed by atoms with Crippen molar-refractivity contribution in [3.8, 4) is 17.2 Å². The van der Waals surface area contributed by atoms with Crippen LogP contribution >= 0.6 is 11.6 Å². The average molecular weight is 254 g/mol. The SMILES string of the molecule is COc1ccc(Oc2ccc(Cl)nc2)c(F)c1. The van der Waals surface area contributed by atoms with Gasteiger partial charge in [0, 0.05) is 6.07 Å². The molecule has 0 saturated heterocycles. The maximum Gasteiger partial charge on any atom is 0.169 e. The quantitative estimate of drug-likeness (QED) is 0.782. The summed E-state index contributed by atoms with van der Waals surface area (Å²) in [7, 11) is 1.47. The van der Waals surface area contributed by atoms with Gasteiger partial charge in [-0.25, -0.2) is 9.37 Å². The Bertz CT molecular complexity index is 516. The van der Waals surface area contributed by atoms with Gasteiger partial charge in [0.2, 0.25) is 0 Å². The molecule has 3 nitrogen and oxygen atoms in total. The molecule has 0 N–H and O–H groups in total. The Kier molecular flexibility index (Phi) is 3.44. The van der Waals surface area contributed by atoms with Crippen molar-refractivity contribution in [3.63, 3.8) is 0 Å². The number of hydrogen-bond donors (Lipinski definition) is 0. The predicted molar refractivity (Wildman–Crippen MR) is 62.3 cm³/mol. The second-order valence-corrected chi connectivity index (χ2v) is 3.60. The van der Waals surface area contributed by atoms with Crippen LogP contribution in [-0.2, 0) is 0 Å². The van der Waals surface area contributed by atoms with Gasteiger partial charge >= 0.3 is 0 Å². The zero-order valence-electron chi connectivity index (χ0n) is 8.98. The van der Waals surface area contributed by atoms with Crippen LogP contribution in [0.2, 0.25) is 5.15 Å². The highest BCUT2D eigenvalue weighted by Crippen LogP contribution is 2.27. The standard InChI is InChI=1S/C12H9ClFNO2/c1-16-8-2-4-11(10(14)6-8)17-9-3-5-12(13)15-7-9/h2-7H,1H3. The molecule has 0 aliphatic rings. The van der Waals surface area contributed by atoms with Crippen LogP contribution in [0.25, 0.3) is 0 Å². The monoisotopic (exact) mass is 253 g/mol. The van der Waals surface area contributed by atoms with Crippen molar-refractivity contribution in [2.75, 3.05) is 7.11 Å². The molecule has 17 heavy (non-hydrogen) atoms. The molecule has 0 saturated carbocycles. The Labute approximate surface area is 103 Å². The molecule has 0 unspecified atom stereocenters. The first kappa shape index (κ1) is 11.7. The maximum absolute atomic E-state index is 13.6. The first-order chi connectivity index (χ1) is 8.19. The fourth-order valence-corrected chi connectivity index (χ4v) is 1.35. The molecule has 0 radical (unpaired) electrons. The molecule has 1 aromatic heterocycles. The first-order valence-electron chi connectivity index (χ1n) is 4.82. The number of aromatic nitrogens is 1. The van der Waals surface area contributed by atoms with Crippen molar-refractivity contribution in [2.24, 2.45) is 0 Å². The van der Waals surface area contributed by atoms with Crippen LogP contribution in [0.1, 0.15) is 0 Å². The molecule has 88 valence electrons. The number of halogens is 2. The summed E-state index contributed by atoms with van der Waals surface area (Å²) in [5, 5.41) is 0.354. The van der Waals surface area contributed by atoms with Crippen LogP contribution in [0.5, 0.6) is 17.2 Å². The summed E-state index contributed by atoms with van der Waals surface area (Å²) in [6, 6.07) is 7.53. The summed E-state index contributed by atoms with van der Waals surface area (Å²) >= 11 is 5.63. The second-order valence-electron chi connectivity index (χ2n) is 3.22. The van der Waals surface area contributed by atoms with Gasteiger partial charge in [0.05, 0.1) is 13.3 Å². The van der Waals surface area contributed by atoms with E-state index in [0.29, 0.717) is 16.7 Å². The van der Waals surface area contributed by atoms with Crippen LogP contribution in [0.4, 0.5) is 4.39 Å². The third-order valence-electron chi connectivity index (χ3n) is 2.07. The van der Waals surface area contributed by atoms with Gasteiger partial charge < -0.3 is 9.47 Å². The summed E-state index contributed by atoms with van der Waals surface area (Å²) in [5.74, 6) is 0.455. The van der Waals surface area contributed by atoms with E-state index >= 15 is 0 Å². The topological polar surface area (TPSA) is 31.4 Å². The van der Waals surface area contributed by atoms with Gasteiger partial charge in [-0.1, -0.05) is 11.6 Å². The third-order valence-corrected chi connectivity index (χ3v) is 2.29. The zero-order valence-corrected chi connectivity index (χ0v) is 9.74. The van der Waals surface area contributed by atoms with Crippen molar-refractivity contribution >= 4 is 11.6 Å². The van der Waals surface area contributed by atoms with Gasteiger partial charge in [-0.3, -0.25) is 0 Å². The van der Waals surface area contributed by atoms with Gasteiger partial charge in [-0.05, 0) is 24.3 Å². The van der Waals surface area contributed by atoms with E-state index in [1.54, 1.807) is 18.2 Å². The van der Waals surface area contributed by atoms with E-state index in [-0.39, 0.29) is 5.75 Å². The van der Waals surface area contributed by atoms with E-state index in [2.05, 4.69) is 4.98 Å². The van der Waals surface area contributed by atoms with Crippen molar-refractivity contribution < 1.29 is 13.9 Å². The molecule has 2 aromatic rings. The van der Waals surface area contributed by atoms with Gasteiger partial charge in [-0.2, -0.15) is 0 Å². The van der Waals surface area contributed by atoms with Crippen molar-refractivity contribution in [3.05, 3.63) is 47.5 Å². The minimum Gasteiger partial charge on any atom is -0.497 e. The third kappa shape index (κ3) is 2.85. The van der Waals surface area contributed by atoms with E-state index in [0.717, 1.165) is 0 Å². The maximum atomic E-state index is 13.6. The Morgan fingerprint density at radius 2 is 1.94 bits per heavy atom. The number of rotatable bonds is 3. The molecule has 0 fully saturated rings. The lowest BCUT2D eigenvalue weighted by molar-refractivity contribution is 0.402. The fraction of sp³-hybridized carbons (Fsp3) is 0.0833. The number of pyridine rings is 1. The highest BCUT2D eigenvalue weighted by atomic mass is 35.5. The number of methoxy groups -OCH3 is 1. The van der Waals surface area contributed by atoms with Crippen LogP contribution < -0.4 is 9.47 Å². The predicted octanol–water partition coefficient (Wildman–Crippen LogP) is 3.68. The lowest BCUT2D eigenvalue weighted by Gasteiger charge is -2.07. The van der Waals surface area contributed by atoms with Gasteiger partial charge in [0.25, 0.3) is 0 Å². The summed E-state index contributed by atoms with van der Waals surface area (Å²) in [6.45, 7) is 0. The smallest absolute Gasteiger partial charge is 0.169 e. The minimum atomic E-state index is -0.501. The van der Waals surface area contributed by atoms with E-state index in [1.807, 2.05) is 0 Å². The van der Waals surface area contributed by atoms with Gasteiger partial charge in [0.15, 0.2) is 11.6 Å². The lowest BCUT2D eigenvalue weighted by Crippen LogP contribution is -1.90. The first-order valence-corrected chi connectivity index (χ1v) is 5.20. The molecule has 5 heteroatoms. The molecular formula is C12H9ClFNO2. The second kappa shape index (κ2) is 5.01. The Balaban J connectivity index is 2.21. The molecule has 0 aliphatic heterocycles. The van der Waals surface area contributed by atoms with E-state index in [4.69, 9.17) is 21.1 Å². The summed E-state index contributed by atoms with van der Waals surface area (Å²) in [4.78, 5) is 3.83. The van der Waals surface area contributed by atoms with E-state index in [9.17, 15) is 4.39 Å². The van der Waals surface area contributed by atoms with Crippen LogP contribution in [-0.4, -0.2) is 12.1 Å². The number of benzene rings is 1. The number of hydrogen-bond acceptors (Lipinski definition) is 3. The average Bonchev–Trinajstić information content (AvgIpc) is 2.34. The number of ether oxygens (including phenoxy) is 2. The van der Waals surface area contributed by atoms with E-state index < -0.39 is 5.82 Å². The molecule has 0 amide bonds. The highest BCUT2D eigenvalue weighted by Gasteiger charge is 2.06. The van der Waals surface area contributed by atoms with Gasteiger partial charge in [-0.15, -0.1) is 0 Å².